The molecule has 108 valence electrons. The van der Waals surface area contributed by atoms with Crippen LogP contribution in [0.4, 0.5) is 0 Å². The number of hydrogen-bond donors (Lipinski definition) is 1. The highest BCUT2D eigenvalue weighted by atomic mass is 35.5. The first-order valence-corrected chi connectivity index (χ1v) is 7.57. The van der Waals surface area contributed by atoms with E-state index in [0.717, 1.165) is 11.1 Å². The van der Waals surface area contributed by atoms with Crippen LogP contribution >= 0.6 is 12.4 Å². The van der Waals surface area contributed by atoms with E-state index in [-0.39, 0.29) is 18.2 Å². The molecular formula is C12H19ClN2O3S. The Hall–Kier alpha value is -0.660. The first-order chi connectivity index (χ1) is 8.63. The molecule has 1 heterocycles. The van der Waals surface area contributed by atoms with Crippen molar-refractivity contribution < 1.29 is 13.2 Å². The molecule has 1 saturated heterocycles. The molecule has 1 aliphatic rings. The van der Waals surface area contributed by atoms with E-state index in [1.54, 1.807) is 0 Å². The third kappa shape index (κ3) is 4.15. The van der Waals surface area contributed by atoms with Gasteiger partial charge in [-0.15, -0.1) is 12.4 Å². The molecule has 19 heavy (non-hydrogen) atoms. The van der Waals surface area contributed by atoms with Crippen LogP contribution in [-0.4, -0.2) is 39.0 Å². The minimum Gasteiger partial charge on any atom is -0.379 e. The molecule has 1 aromatic rings. The molecule has 0 aliphatic carbocycles. The molecule has 1 fully saturated rings. The lowest BCUT2D eigenvalue weighted by Gasteiger charge is -2.26. The summed E-state index contributed by atoms with van der Waals surface area (Å²) in [5.41, 5.74) is 7.29. The van der Waals surface area contributed by atoms with Gasteiger partial charge in [0.15, 0.2) is 0 Å². The molecule has 1 aromatic carbocycles. The number of benzene rings is 1. The van der Waals surface area contributed by atoms with E-state index >= 15 is 0 Å². The summed E-state index contributed by atoms with van der Waals surface area (Å²) in [5.74, 6) is 0.0143. The SMILES string of the molecule is Cl.NCc1ccccc1CS(=O)(=O)N1CCOCC1. The third-order valence-corrected chi connectivity index (χ3v) is 4.87. The first kappa shape index (κ1) is 16.4. The van der Waals surface area contributed by atoms with E-state index in [1.807, 2.05) is 24.3 Å². The zero-order chi connectivity index (χ0) is 13.0. The predicted octanol–water partition coefficient (Wildman–Crippen LogP) is 0.729. The quantitative estimate of drug-likeness (QED) is 0.890. The molecule has 0 bridgehead atoms. The smallest absolute Gasteiger partial charge is 0.218 e. The number of sulfonamides is 1. The van der Waals surface area contributed by atoms with Gasteiger partial charge in [-0.05, 0) is 11.1 Å². The van der Waals surface area contributed by atoms with E-state index in [0.29, 0.717) is 32.8 Å². The van der Waals surface area contributed by atoms with Gasteiger partial charge in [-0.2, -0.15) is 4.31 Å². The Morgan fingerprint density at radius 1 is 1.16 bits per heavy atom. The molecule has 0 amide bonds. The lowest BCUT2D eigenvalue weighted by Crippen LogP contribution is -2.41. The van der Waals surface area contributed by atoms with E-state index in [4.69, 9.17) is 10.5 Å². The second kappa shape index (κ2) is 7.21. The van der Waals surface area contributed by atoms with Gasteiger partial charge in [0.05, 0.1) is 19.0 Å². The average Bonchev–Trinajstić information content (AvgIpc) is 2.40. The van der Waals surface area contributed by atoms with Crippen molar-refractivity contribution in [3.63, 3.8) is 0 Å². The highest BCUT2D eigenvalue weighted by molar-refractivity contribution is 7.88. The Morgan fingerprint density at radius 3 is 2.32 bits per heavy atom. The van der Waals surface area contributed by atoms with Crippen LogP contribution in [0.2, 0.25) is 0 Å². The van der Waals surface area contributed by atoms with Gasteiger partial charge < -0.3 is 10.5 Å². The number of nitrogens with two attached hydrogens (primary N) is 1. The lowest BCUT2D eigenvalue weighted by atomic mass is 10.1. The molecule has 0 atom stereocenters. The topological polar surface area (TPSA) is 72.6 Å². The van der Waals surface area contributed by atoms with Crippen LogP contribution in [-0.2, 0) is 27.1 Å². The van der Waals surface area contributed by atoms with Gasteiger partial charge in [0.25, 0.3) is 0 Å². The van der Waals surface area contributed by atoms with Gasteiger partial charge in [0.2, 0.25) is 10.0 Å². The number of rotatable bonds is 4. The molecule has 0 spiro atoms. The number of ether oxygens (including phenoxy) is 1. The van der Waals surface area contributed by atoms with Crippen LogP contribution in [0.5, 0.6) is 0 Å². The second-order valence-corrected chi connectivity index (χ2v) is 6.21. The fourth-order valence-corrected chi connectivity index (χ4v) is 3.57. The zero-order valence-electron chi connectivity index (χ0n) is 10.6. The Morgan fingerprint density at radius 2 is 1.74 bits per heavy atom. The Bertz CT molecular complexity index is 501. The molecule has 0 saturated carbocycles. The van der Waals surface area contributed by atoms with Crippen molar-refractivity contribution >= 4 is 22.4 Å². The molecule has 2 N–H and O–H groups in total. The summed E-state index contributed by atoms with van der Waals surface area (Å²) in [7, 11) is -3.27. The van der Waals surface area contributed by atoms with Crippen LogP contribution in [0.25, 0.3) is 0 Å². The third-order valence-electron chi connectivity index (χ3n) is 3.04. The normalized spacial score (nSPS) is 16.9. The number of halogens is 1. The van der Waals surface area contributed by atoms with Gasteiger partial charge in [0, 0.05) is 19.6 Å². The highest BCUT2D eigenvalue weighted by Gasteiger charge is 2.25. The predicted molar refractivity (Wildman–Crippen MR) is 76.6 cm³/mol. The van der Waals surface area contributed by atoms with E-state index < -0.39 is 10.0 Å². The van der Waals surface area contributed by atoms with E-state index in [9.17, 15) is 8.42 Å². The highest BCUT2D eigenvalue weighted by Crippen LogP contribution is 2.16. The largest absolute Gasteiger partial charge is 0.379 e. The van der Waals surface area contributed by atoms with Gasteiger partial charge in [-0.3, -0.25) is 0 Å². The molecular weight excluding hydrogens is 288 g/mol. The molecule has 2 rings (SSSR count). The van der Waals surface area contributed by atoms with Crippen molar-refractivity contribution in [3.8, 4) is 0 Å². The fraction of sp³-hybridized carbons (Fsp3) is 0.500. The van der Waals surface area contributed by atoms with Crippen LogP contribution in [0, 0.1) is 0 Å². The number of nitrogens with zero attached hydrogens (tertiary/aromatic N) is 1. The Balaban J connectivity index is 0.00000180. The molecule has 0 unspecified atom stereocenters. The monoisotopic (exact) mass is 306 g/mol. The van der Waals surface area contributed by atoms with Gasteiger partial charge in [0.1, 0.15) is 0 Å². The van der Waals surface area contributed by atoms with Gasteiger partial charge in [-0.1, -0.05) is 24.3 Å². The van der Waals surface area contributed by atoms with Crippen molar-refractivity contribution in [2.24, 2.45) is 5.73 Å². The number of morpholine rings is 1. The summed E-state index contributed by atoms with van der Waals surface area (Å²) in [6.07, 6.45) is 0. The zero-order valence-corrected chi connectivity index (χ0v) is 12.3. The van der Waals surface area contributed by atoms with Crippen LogP contribution in [0.15, 0.2) is 24.3 Å². The minimum absolute atomic E-state index is 0. The summed E-state index contributed by atoms with van der Waals surface area (Å²) in [6.45, 7) is 2.17. The summed E-state index contributed by atoms with van der Waals surface area (Å²) < 4.78 is 31.2. The fourth-order valence-electron chi connectivity index (χ4n) is 2.01. The van der Waals surface area contributed by atoms with Crippen molar-refractivity contribution in [2.75, 3.05) is 26.3 Å². The summed E-state index contributed by atoms with van der Waals surface area (Å²) in [5, 5.41) is 0. The maximum atomic E-state index is 12.3. The first-order valence-electron chi connectivity index (χ1n) is 5.96. The molecule has 5 nitrogen and oxygen atoms in total. The summed E-state index contributed by atoms with van der Waals surface area (Å²) in [4.78, 5) is 0. The van der Waals surface area contributed by atoms with Crippen LogP contribution in [0.1, 0.15) is 11.1 Å². The standard InChI is InChI=1S/C12H18N2O3S.ClH/c13-9-11-3-1-2-4-12(11)10-18(15,16)14-5-7-17-8-6-14;/h1-4H,5-10,13H2;1H. The van der Waals surface area contributed by atoms with Gasteiger partial charge >= 0.3 is 0 Å². The van der Waals surface area contributed by atoms with Crippen LogP contribution in [0.3, 0.4) is 0 Å². The molecule has 7 heteroatoms. The summed E-state index contributed by atoms with van der Waals surface area (Å²) >= 11 is 0. The molecule has 0 aromatic heterocycles. The van der Waals surface area contributed by atoms with E-state index in [1.165, 1.54) is 4.31 Å². The Kier molecular flexibility index (Phi) is 6.22. The van der Waals surface area contributed by atoms with Crippen molar-refractivity contribution in [1.82, 2.24) is 4.31 Å². The molecule has 1 aliphatic heterocycles. The maximum absolute atomic E-state index is 12.3. The van der Waals surface area contributed by atoms with Gasteiger partial charge in [-0.25, -0.2) is 8.42 Å². The Labute approximate surface area is 120 Å². The average molecular weight is 307 g/mol. The number of hydrogen-bond acceptors (Lipinski definition) is 4. The molecule has 0 radical (unpaired) electrons. The summed E-state index contributed by atoms with van der Waals surface area (Å²) in [6, 6.07) is 7.39. The van der Waals surface area contributed by atoms with Crippen molar-refractivity contribution in [1.29, 1.82) is 0 Å². The minimum atomic E-state index is -3.27. The van der Waals surface area contributed by atoms with E-state index in [2.05, 4.69) is 0 Å². The second-order valence-electron chi connectivity index (χ2n) is 4.24. The van der Waals surface area contributed by atoms with Crippen LogP contribution < -0.4 is 5.73 Å². The lowest BCUT2D eigenvalue weighted by molar-refractivity contribution is 0.0729. The van der Waals surface area contributed by atoms with Crippen molar-refractivity contribution in [3.05, 3.63) is 35.4 Å². The van der Waals surface area contributed by atoms with Crippen molar-refractivity contribution in [2.45, 2.75) is 12.3 Å². The maximum Gasteiger partial charge on any atom is 0.218 e.